The van der Waals surface area contributed by atoms with Gasteiger partial charge in [0.25, 0.3) is 0 Å². The molecule has 6 N–H and O–H groups in total. The molecule has 64 valence electrons. The van der Waals surface area contributed by atoms with Crippen LogP contribution in [0.2, 0.25) is 0 Å². The number of hydrogen-bond donors (Lipinski definition) is 3. The molecule has 0 saturated carbocycles. The molecule has 0 fully saturated rings. The van der Waals surface area contributed by atoms with E-state index in [0.29, 0.717) is 0 Å². The Morgan fingerprint density at radius 2 is 1.83 bits per heavy atom. The van der Waals surface area contributed by atoms with Crippen LogP contribution in [0.25, 0.3) is 11.2 Å². The van der Waals surface area contributed by atoms with Crippen molar-refractivity contribution in [3.8, 4) is 0 Å². The van der Waals surface area contributed by atoms with Gasteiger partial charge in [-0.25, -0.2) is 0 Å². The molecule has 0 atom stereocenters. The summed E-state index contributed by atoms with van der Waals surface area (Å²) in [5, 5.41) is 10.7. The van der Waals surface area contributed by atoms with Crippen LogP contribution >= 0.6 is 0 Å². The molecule has 2 aromatic rings. The second-order valence-electron chi connectivity index (χ2n) is 2.27. The maximum Gasteiger partial charge on any atom is 0.357 e. The van der Waals surface area contributed by atoms with Crippen LogP contribution in [0, 0.1) is 5.21 Å². The third-order valence-corrected chi connectivity index (χ3v) is 1.53. The van der Waals surface area contributed by atoms with Crippen LogP contribution in [0.4, 0.5) is 17.4 Å². The van der Waals surface area contributed by atoms with Gasteiger partial charge in [0, 0.05) is 0 Å². The minimum absolute atomic E-state index is 0.00366. The van der Waals surface area contributed by atoms with E-state index in [-0.39, 0.29) is 33.5 Å². The molecular weight excluding hydrogens is 164 g/mol. The zero-order valence-electron chi connectivity index (χ0n) is 5.90. The number of nitrogens with two attached hydrogens (primary N) is 3. The van der Waals surface area contributed by atoms with Crippen molar-refractivity contribution in [2.75, 3.05) is 17.2 Å². The van der Waals surface area contributed by atoms with E-state index in [4.69, 9.17) is 21.6 Å². The molecule has 0 unspecified atom stereocenters. The van der Waals surface area contributed by atoms with Crippen molar-refractivity contribution in [2.45, 2.75) is 0 Å². The van der Waals surface area contributed by atoms with Crippen molar-refractivity contribution in [3.05, 3.63) is 5.21 Å². The van der Waals surface area contributed by atoms with Gasteiger partial charge in [-0.05, 0) is 4.90 Å². The number of anilines is 3. The van der Waals surface area contributed by atoms with E-state index in [9.17, 15) is 5.21 Å². The first-order valence-electron chi connectivity index (χ1n) is 3.07. The van der Waals surface area contributed by atoms with Crippen LogP contribution in [0.1, 0.15) is 0 Å². The Balaban J connectivity index is 2.93. The number of nitrogen functional groups attached to an aromatic ring is 3. The minimum Gasteiger partial charge on any atom is -0.434 e. The topological polar surface area (TPSA) is 131 Å². The van der Waals surface area contributed by atoms with E-state index in [2.05, 4.69) is 4.52 Å². The molecule has 0 spiro atoms. The SMILES string of the molecule is Nc1oc2c(N)[n+]([O-])oc2c1N. The first kappa shape index (κ1) is 6.65. The smallest absolute Gasteiger partial charge is 0.357 e. The van der Waals surface area contributed by atoms with Gasteiger partial charge in [-0.2, -0.15) is 0 Å². The van der Waals surface area contributed by atoms with E-state index in [0.717, 1.165) is 0 Å². The van der Waals surface area contributed by atoms with Crippen LogP contribution in [0.5, 0.6) is 0 Å². The van der Waals surface area contributed by atoms with Gasteiger partial charge >= 0.3 is 5.82 Å². The van der Waals surface area contributed by atoms with E-state index in [1.54, 1.807) is 0 Å². The second kappa shape index (κ2) is 1.76. The van der Waals surface area contributed by atoms with Crippen molar-refractivity contribution >= 4 is 28.6 Å². The molecule has 12 heavy (non-hydrogen) atoms. The van der Waals surface area contributed by atoms with Crippen LogP contribution in [0.15, 0.2) is 8.94 Å². The summed E-state index contributed by atoms with van der Waals surface area (Å²) in [6.07, 6.45) is 0. The zero-order valence-corrected chi connectivity index (χ0v) is 5.90. The second-order valence-corrected chi connectivity index (χ2v) is 2.27. The lowest BCUT2D eigenvalue weighted by atomic mass is 10.4. The lowest BCUT2D eigenvalue weighted by Gasteiger charge is -1.90. The summed E-state index contributed by atoms with van der Waals surface area (Å²) in [4.78, 5) is 0.115. The highest BCUT2D eigenvalue weighted by Crippen LogP contribution is 2.32. The standard InChI is InChI=1S/C5H6N4O3/c6-1-2-3(11-5(1)8)4(7)9(10)12-2/h6-8H2. The number of furan rings is 1. The van der Waals surface area contributed by atoms with Crippen LogP contribution < -0.4 is 22.1 Å². The molecule has 2 aromatic heterocycles. The molecule has 0 aliphatic carbocycles. The molecular formula is C5H6N4O3. The number of nitrogens with zero attached hydrogens (tertiary/aromatic N) is 1. The summed E-state index contributed by atoms with van der Waals surface area (Å²) in [6, 6.07) is 0. The summed E-state index contributed by atoms with van der Waals surface area (Å²) in [5.41, 5.74) is 16.2. The Morgan fingerprint density at radius 3 is 2.42 bits per heavy atom. The van der Waals surface area contributed by atoms with Crippen molar-refractivity contribution < 1.29 is 13.8 Å². The molecule has 0 bridgehead atoms. The highest BCUT2D eigenvalue weighted by atomic mass is 16.7. The Hall–Kier alpha value is -2.05. The third-order valence-electron chi connectivity index (χ3n) is 1.53. The number of aromatic nitrogens is 1. The molecule has 2 heterocycles. The largest absolute Gasteiger partial charge is 0.434 e. The van der Waals surface area contributed by atoms with Crippen LogP contribution in [0.3, 0.4) is 0 Å². The highest BCUT2D eigenvalue weighted by molar-refractivity contribution is 5.94. The molecule has 0 radical (unpaired) electrons. The Kier molecular flexibility index (Phi) is 0.972. The molecule has 7 heteroatoms. The van der Waals surface area contributed by atoms with Crippen LogP contribution in [-0.4, -0.2) is 0 Å². The fourth-order valence-corrected chi connectivity index (χ4v) is 0.920. The summed E-state index contributed by atoms with van der Waals surface area (Å²) >= 11 is 0. The van der Waals surface area contributed by atoms with Gasteiger partial charge in [0.1, 0.15) is 11.3 Å². The maximum atomic E-state index is 10.7. The first-order valence-corrected chi connectivity index (χ1v) is 3.07. The molecule has 7 nitrogen and oxygen atoms in total. The number of fused-ring (bicyclic) bond motifs is 1. The van der Waals surface area contributed by atoms with E-state index in [1.807, 2.05) is 0 Å². The average Bonchev–Trinajstić information content (AvgIpc) is 2.43. The van der Waals surface area contributed by atoms with Gasteiger partial charge < -0.3 is 25.6 Å². The van der Waals surface area contributed by atoms with E-state index in [1.165, 1.54) is 0 Å². The molecule has 0 aromatic carbocycles. The number of hydrogen-bond acceptors (Lipinski definition) is 6. The normalized spacial score (nSPS) is 11.0. The average molecular weight is 170 g/mol. The molecule has 0 amide bonds. The summed E-state index contributed by atoms with van der Waals surface area (Å²) < 4.78 is 9.45. The lowest BCUT2D eigenvalue weighted by Crippen LogP contribution is -2.26. The monoisotopic (exact) mass is 170 g/mol. The summed E-state index contributed by atoms with van der Waals surface area (Å²) in [5.74, 6) is -0.190. The first-order chi connectivity index (χ1) is 5.61. The predicted molar refractivity (Wildman–Crippen MR) is 40.7 cm³/mol. The Labute approximate surface area is 65.9 Å². The van der Waals surface area contributed by atoms with Gasteiger partial charge in [-0.1, -0.05) is 0 Å². The van der Waals surface area contributed by atoms with Gasteiger partial charge in [-0.15, -0.1) is 0 Å². The molecule has 2 rings (SSSR count). The molecule has 0 aliphatic heterocycles. The van der Waals surface area contributed by atoms with Crippen molar-refractivity contribution in [1.29, 1.82) is 0 Å². The van der Waals surface area contributed by atoms with E-state index < -0.39 is 0 Å². The number of rotatable bonds is 0. The quantitative estimate of drug-likeness (QED) is 0.452. The van der Waals surface area contributed by atoms with Crippen molar-refractivity contribution in [3.63, 3.8) is 0 Å². The fourth-order valence-electron chi connectivity index (χ4n) is 0.920. The zero-order chi connectivity index (χ0) is 8.88. The third kappa shape index (κ3) is 0.570. The van der Waals surface area contributed by atoms with Crippen molar-refractivity contribution in [1.82, 2.24) is 0 Å². The minimum atomic E-state index is -0.187. The molecule has 0 saturated heterocycles. The van der Waals surface area contributed by atoms with Gasteiger partial charge in [0.2, 0.25) is 11.5 Å². The summed E-state index contributed by atoms with van der Waals surface area (Å²) in [6.45, 7) is 0. The van der Waals surface area contributed by atoms with E-state index >= 15 is 0 Å². The predicted octanol–water partition coefficient (Wildman–Crippen LogP) is -0.594. The van der Waals surface area contributed by atoms with Gasteiger partial charge in [-0.3, -0.25) is 5.73 Å². The summed E-state index contributed by atoms with van der Waals surface area (Å²) in [7, 11) is 0. The van der Waals surface area contributed by atoms with Gasteiger partial charge in [0.15, 0.2) is 0 Å². The van der Waals surface area contributed by atoms with Crippen LogP contribution in [-0.2, 0) is 0 Å². The Morgan fingerprint density at radius 1 is 1.17 bits per heavy atom. The van der Waals surface area contributed by atoms with Crippen molar-refractivity contribution in [2.24, 2.45) is 0 Å². The molecule has 0 aliphatic rings. The highest BCUT2D eigenvalue weighted by Gasteiger charge is 2.18. The van der Waals surface area contributed by atoms with Gasteiger partial charge in [0.05, 0.1) is 0 Å². The lowest BCUT2D eigenvalue weighted by molar-refractivity contribution is -0.776. The maximum absolute atomic E-state index is 10.7. The fraction of sp³-hybridized carbons (Fsp3) is 0. The Bertz CT molecular complexity index is 401.